The van der Waals surface area contributed by atoms with Crippen LogP contribution >= 0.6 is 12.2 Å². The second-order valence-electron chi connectivity index (χ2n) is 4.37. The average molecular weight is 302 g/mol. The van der Waals surface area contributed by atoms with Crippen molar-refractivity contribution in [1.29, 1.82) is 0 Å². The fraction of sp³-hybridized carbons (Fsp3) is 0.462. The number of thiocarbonyl (C=S) groups is 1. The zero-order valence-electron chi connectivity index (χ0n) is 10.8. The van der Waals surface area contributed by atoms with Gasteiger partial charge < -0.3 is 20.1 Å². The van der Waals surface area contributed by atoms with E-state index >= 15 is 0 Å². The maximum absolute atomic E-state index is 12.0. The molecular weight excluding hydrogens is 286 g/mol. The molecule has 1 aliphatic rings. The molecule has 1 fully saturated rings. The third-order valence-electron chi connectivity index (χ3n) is 2.85. The highest BCUT2D eigenvalue weighted by atomic mass is 32.1. The Balaban J connectivity index is 1.75. The normalized spacial score (nSPS) is 18.1. The molecule has 20 heavy (non-hydrogen) atoms. The van der Waals surface area contributed by atoms with E-state index < -0.39 is 6.61 Å². The molecule has 0 unspecified atom stereocenters. The lowest BCUT2D eigenvalue weighted by molar-refractivity contribution is -0.0498. The lowest BCUT2D eigenvalue weighted by Gasteiger charge is -2.14. The average Bonchev–Trinajstić information content (AvgIpc) is 2.91. The summed E-state index contributed by atoms with van der Waals surface area (Å²) in [6.07, 6.45) is 2.32. The Labute approximate surface area is 121 Å². The number of nitrogens with one attached hydrogen (secondary N) is 2. The molecule has 0 aromatic heterocycles. The van der Waals surface area contributed by atoms with Gasteiger partial charge in [-0.05, 0) is 49.3 Å². The summed E-state index contributed by atoms with van der Waals surface area (Å²) in [5, 5.41) is 6.51. The molecule has 4 nitrogen and oxygen atoms in total. The Kier molecular flexibility index (Phi) is 5.49. The highest BCUT2D eigenvalue weighted by Crippen LogP contribution is 2.17. The van der Waals surface area contributed by atoms with E-state index in [0.29, 0.717) is 17.3 Å². The van der Waals surface area contributed by atoms with E-state index in [1.807, 2.05) is 0 Å². The van der Waals surface area contributed by atoms with Gasteiger partial charge in [-0.25, -0.2) is 0 Å². The van der Waals surface area contributed by atoms with Crippen molar-refractivity contribution in [3.05, 3.63) is 24.3 Å². The maximum atomic E-state index is 12.0. The van der Waals surface area contributed by atoms with Crippen LogP contribution in [0.25, 0.3) is 0 Å². The smallest absolute Gasteiger partial charge is 0.387 e. The summed E-state index contributed by atoms with van der Waals surface area (Å²) in [6.45, 7) is -1.35. The van der Waals surface area contributed by atoms with Gasteiger partial charge in [-0.2, -0.15) is 8.78 Å². The van der Waals surface area contributed by atoms with Crippen LogP contribution in [0.1, 0.15) is 12.8 Å². The number of benzene rings is 1. The molecule has 1 aromatic carbocycles. The number of alkyl halides is 2. The fourth-order valence-corrected chi connectivity index (χ4v) is 2.11. The highest BCUT2D eigenvalue weighted by Gasteiger charge is 2.15. The minimum Gasteiger partial charge on any atom is -0.435 e. The summed E-state index contributed by atoms with van der Waals surface area (Å²) >= 11 is 5.14. The van der Waals surface area contributed by atoms with Gasteiger partial charge in [0, 0.05) is 18.8 Å². The number of hydrogen-bond acceptors (Lipinski definition) is 3. The first kappa shape index (κ1) is 14.9. The SMILES string of the molecule is FC(F)Oc1ccc(NC(=S)NC[C@H]2CCCO2)cc1. The van der Waals surface area contributed by atoms with E-state index in [1.54, 1.807) is 12.1 Å². The van der Waals surface area contributed by atoms with Crippen molar-refractivity contribution in [2.24, 2.45) is 0 Å². The van der Waals surface area contributed by atoms with Gasteiger partial charge in [0.15, 0.2) is 5.11 Å². The summed E-state index contributed by atoms with van der Waals surface area (Å²) < 4.78 is 33.7. The fourth-order valence-electron chi connectivity index (χ4n) is 1.91. The third kappa shape index (κ3) is 4.90. The molecule has 1 aliphatic heterocycles. The topological polar surface area (TPSA) is 42.5 Å². The van der Waals surface area contributed by atoms with E-state index in [-0.39, 0.29) is 11.9 Å². The summed E-state index contributed by atoms with van der Waals surface area (Å²) in [5.41, 5.74) is 0.705. The minimum atomic E-state index is -2.82. The van der Waals surface area contributed by atoms with Crippen LogP contribution in [0.4, 0.5) is 14.5 Å². The number of hydrogen-bond donors (Lipinski definition) is 2. The molecule has 0 bridgehead atoms. The third-order valence-corrected chi connectivity index (χ3v) is 3.10. The van der Waals surface area contributed by atoms with Crippen LogP contribution in [-0.2, 0) is 4.74 Å². The van der Waals surface area contributed by atoms with Gasteiger partial charge in [0.25, 0.3) is 0 Å². The second-order valence-corrected chi connectivity index (χ2v) is 4.78. The monoisotopic (exact) mass is 302 g/mol. The Bertz CT molecular complexity index is 437. The van der Waals surface area contributed by atoms with Gasteiger partial charge >= 0.3 is 6.61 Å². The van der Waals surface area contributed by atoms with Gasteiger partial charge in [0.1, 0.15) is 5.75 Å². The molecule has 1 heterocycles. The highest BCUT2D eigenvalue weighted by molar-refractivity contribution is 7.80. The molecule has 1 aromatic rings. The molecule has 0 amide bonds. The number of halogens is 2. The number of anilines is 1. The first-order valence-electron chi connectivity index (χ1n) is 6.35. The standard InChI is InChI=1S/C13H16F2N2O2S/c14-12(15)19-10-5-3-9(4-6-10)17-13(20)16-8-11-2-1-7-18-11/h3-6,11-12H,1-2,7-8H2,(H2,16,17,20)/t11-/m1/s1. The van der Waals surface area contributed by atoms with Crippen molar-refractivity contribution >= 4 is 23.0 Å². The van der Waals surface area contributed by atoms with Gasteiger partial charge in [-0.15, -0.1) is 0 Å². The molecule has 1 atom stereocenters. The zero-order chi connectivity index (χ0) is 14.4. The van der Waals surface area contributed by atoms with Crippen LogP contribution < -0.4 is 15.4 Å². The van der Waals surface area contributed by atoms with Gasteiger partial charge in [-0.1, -0.05) is 0 Å². The zero-order valence-corrected chi connectivity index (χ0v) is 11.6. The van der Waals surface area contributed by atoms with Gasteiger partial charge in [-0.3, -0.25) is 0 Å². The van der Waals surface area contributed by atoms with Crippen molar-refractivity contribution in [1.82, 2.24) is 5.32 Å². The first-order chi connectivity index (χ1) is 9.63. The van der Waals surface area contributed by atoms with Crippen LogP contribution in [-0.4, -0.2) is 31.0 Å². The maximum Gasteiger partial charge on any atom is 0.387 e. The van der Waals surface area contributed by atoms with E-state index in [0.717, 1.165) is 19.4 Å². The largest absolute Gasteiger partial charge is 0.435 e. The summed E-state index contributed by atoms with van der Waals surface area (Å²) in [6, 6.07) is 6.16. The van der Waals surface area contributed by atoms with Crippen LogP contribution in [0.3, 0.4) is 0 Å². The molecule has 110 valence electrons. The predicted molar refractivity (Wildman–Crippen MR) is 76.3 cm³/mol. The molecule has 0 radical (unpaired) electrons. The van der Waals surface area contributed by atoms with Crippen LogP contribution in [0.15, 0.2) is 24.3 Å². The number of rotatable bonds is 5. The molecule has 0 spiro atoms. The van der Waals surface area contributed by atoms with Crippen molar-refractivity contribution in [2.75, 3.05) is 18.5 Å². The summed E-state index contributed by atoms with van der Waals surface area (Å²) in [7, 11) is 0. The van der Waals surface area contributed by atoms with E-state index in [4.69, 9.17) is 17.0 Å². The Morgan fingerprint density at radius 1 is 1.40 bits per heavy atom. The molecule has 0 saturated carbocycles. The summed E-state index contributed by atoms with van der Waals surface area (Å²) in [5.74, 6) is 0.115. The van der Waals surface area contributed by atoms with Crippen LogP contribution in [0, 0.1) is 0 Å². The lowest BCUT2D eigenvalue weighted by atomic mass is 10.2. The van der Waals surface area contributed by atoms with Crippen LogP contribution in [0.5, 0.6) is 5.75 Å². The quantitative estimate of drug-likeness (QED) is 0.819. The van der Waals surface area contributed by atoms with E-state index in [9.17, 15) is 8.78 Å². The Morgan fingerprint density at radius 2 is 2.15 bits per heavy atom. The van der Waals surface area contributed by atoms with Crippen molar-refractivity contribution in [3.8, 4) is 5.75 Å². The number of ether oxygens (including phenoxy) is 2. The molecule has 2 N–H and O–H groups in total. The Morgan fingerprint density at radius 3 is 2.75 bits per heavy atom. The van der Waals surface area contributed by atoms with Crippen molar-refractivity contribution in [2.45, 2.75) is 25.6 Å². The Hall–Kier alpha value is -1.47. The van der Waals surface area contributed by atoms with Gasteiger partial charge in [0.05, 0.1) is 6.10 Å². The molecule has 7 heteroatoms. The molecule has 1 saturated heterocycles. The molecule has 0 aliphatic carbocycles. The lowest BCUT2D eigenvalue weighted by Crippen LogP contribution is -2.34. The van der Waals surface area contributed by atoms with Crippen LogP contribution in [0.2, 0.25) is 0 Å². The van der Waals surface area contributed by atoms with Crippen molar-refractivity contribution in [3.63, 3.8) is 0 Å². The predicted octanol–water partition coefficient (Wildman–Crippen LogP) is 2.75. The molecular formula is C13H16F2N2O2S. The molecule has 2 rings (SSSR count). The van der Waals surface area contributed by atoms with E-state index in [2.05, 4.69) is 15.4 Å². The van der Waals surface area contributed by atoms with Crippen molar-refractivity contribution < 1.29 is 18.3 Å². The van der Waals surface area contributed by atoms with E-state index in [1.165, 1.54) is 12.1 Å². The summed E-state index contributed by atoms with van der Waals surface area (Å²) in [4.78, 5) is 0. The second kappa shape index (κ2) is 7.35. The first-order valence-corrected chi connectivity index (χ1v) is 6.75. The minimum absolute atomic E-state index is 0.115. The van der Waals surface area contributed by atoms with Gasteiger partial charge in [0.2, 0.25) is 0 Å².